The summed E-state index contributed by atoms with van der Waals surface area (Å²) < 4.78 is 0. The number of rotatable bonds is 21. The molecule has 3 heteroatoms. The first-order chi connectivity index (χ1) is 13.1. The van der Waals surface area contributed by atoms with Crippen molar-refractivity contribution in [2.45, 2.75) is 129 Å². The van der Waals surface area contributed by atoms with Crippen LogP contribution in [0.4, 0.5) is 0 Å². The van der Waals surface area contributed by atoms with Crippen molar-refractivity contribution in [2.75, 3.05) is 6.61 Å². The fourth-order valence-corrected chi connectivity index (χ4v) is 3.92. The predicted molar refractivity (Wildman–Crippen MR) is 118 cm³/mol. The third-order valence-corrected chi connectivity index (χ3v) is 5.96. The molecule has 0 aliphatic heterocycles. The first-order valence-corrected chi connectivity index (χ1v) is 12.0. The summed E-state index contributed by atoms with van der Waals surface area (Å²) in [7, 11) is 0. The van der Waals surface area contributed by atoms with Crippen molar-refractivity contribution < 1.29 is 9.90 Å². The lowest BCUT2D eigenvalue weighted by molar-refractivity contribution is -0.124. The molecule has 0 saturated carbocycles. The largest absolute Gasteiger partial charge is 0.396 e. The molecule has 1 amide bonds. The molecule has 0 rings (SSSR count). The zero-order valence-corrected chi connectivity index (χ0v) is 18.5. The van der Waals surface area contributed by atoms with E-state index in [0.717, 1.165) is 12.8 Å². The first-order valence-electron chi connectivity index (χ1n) is 12.0. The van der Waals surface area contributed by atoms with E-state index in [9.17, 15) is 9.90 Å². The smallest absolute Gasteiger partial charge is 0.220 e. The van der Waals surface area contributed by atoms with Crippen LogP contribution in [0.25, 0.3) is 0 Å². The van der Waals surface area contributed by atoms with Gasteiger partial charge in [0.2, 0.25) is 5.91 Å². The maximum Gasteiger partial charge on any atom is 0.220 e. The molecular formula is C24H49NO2. The highest BCUT2D eigenvalue weighted by atomic mass is 16.3. The second-order valence-electron chi connectivity index (χ2n) is 8.61. The second kappa shape index (κ2) is 20.2. The van der Waals surface area contributed by atoms with Crippen LogP contribution in [0.1, 0.15) is 129 Å². The van der Waals surface area contributed by atoms with Crippen molar-refractivity contribution in [1.82, 2.24) is 0 Å². The summed E-state index contributed by atoms with van der Waals surface area (Å²) in [5.41, 5.74) is 5.43. The van der Waals surface area contributed by atoms with Crippen LogP contribution in [0.3, 0.4) is 0 Å². The average Bonchev–Trinajstić information content (AvgIpc) is 2.66. The van der Waals surface area contributed by atoms with Gasteiger partial charge in [-0.3, -0.25) is 4.79 Å². The predicted octanol–water partition coefficient (Wildman–Crippen LogP) is 6.76. The Labute approximate surface area is 169 Å². The van der Waals surface area contributed by atoms with Crippen molar-refractivity contribution in [3.63, 3.8) is 0 Å². The molecule has 3 N–H and O–H groups in total. The third-order valence-electron chi connectivity index (χ3n) is 5.96. The summed E-state index contributed by atoms with van der Waals surface area (Å²) in [5.74, 6) is -0.428. The number of carbonyl (C=O) groups excluding carboxylic acids is 1. The van der Waals surface area contributed by atoms with E-state index in [0.29, 0.717) is 0 Å². The van der Waals surface area contributed by atoms with Gasteiger partial charge in [0, 0.05) is 12.5 Å². The zero-order chi connectivity index (χ0) is 20.2. The van der Waals surface area contributed by atoms with Crippen molar-refractivity contribution in [2.24, 2.45) is 17.6 Å². The van der Waals surface area contributed by atoms with Crippen LogP contribution in [0.5, 0.6) is 0 Å². The minimum absolute atomic E-state index is 0.0106. The van der Waals surface area contributed by atoms with Gasteiger partial charge in [-0.05, 0) is 12.3 Å². The molecule has 0 spiro atoms. The summed E-state index contributed by atoms with van der Waals surface area (Å²) >= 11 is 0. The molecule has 0 aromatic heterocycles. The molecule has 0 aromatic carbocycles. The normalized spacial score (nSPS) is 13.6. The zero-order valence-electron chi connectivity index (χ0n) is 18.5. The summed E-state index contributed by atoms with van der Waals surface area (Å²) in [5, 5.41) is 9.19. The summed E-state index contributed by atoms with van der Waals surface area (Å²) in [4.78, 5) is 11.4. The Balaban J connectivity index is 3.26. The number of hydrogen-bond donors (Lipinski definition) is 2. The summed E-state index contributed by atoms with van der Waals surface area (Å²) in [6, 6.07) is 0. The molecule has 162 valence electrons. The standard InChI is InChI=1S/C24H49NO2/c1-3-4-5-6-7-8-9-10-11-12-13-14-15-16-17-18-19-20-23(24(25)27)22(2)21-26/h22-23,26H,3-21H2,1-2H3,(H2,25,27). The van der Waals surface area contributed by atoms with E-state index in [1.165, 1.54) is 103 Å². The van der Waals surface area contributed by atoms with Gasteiger partial charge in [-0.15, -0.1) is 0 Å². The molecule has 0 fully saturated rings. The molecule has 0 bridgehead atoms. The van der Waals surface area contributed by atoms with Crippen molar-refractivity contribution in [1.29, 1.82) is 0 Å². The molecule has 0 saturated heterocycles. The highest BCUT2D eigenvalue weighted by Gasteiger charge is 2.21. The number of primary amides is 1. The number of unbranched alkanes of at least 4 members (excludes halogenated alkanes) is 16. The molecule has 27 heavy (non-hydrogen) atoms. The van der Waals surface area contributed by atoms with Crippen LogP contribution in [-0.2, 0) is 4.79 Å². The Morgan fingerprint density at radius 2 is 1.04 bits per heavy atom. The van der Waals surface area contributed by atoms with Gasteiger partial charge in [-0.1, -0.05) is 123 Å². The van der Waals surface area contributed by atoms with Crippen LogP contribution in [0.15, 0.2) is 0 Å². The molecule has 0 radical (unpaired) electrons. The SMILES string of the molecule is CCCCCCCCCCCCCCCCCCCC(C(N)=O)C(C)CO. The lowest BCUT2D eigenvalue weighted by Gasteiger charge is -2.18. The van der Waals surface area contributed by atoms with Crippen molar-refractivity contribution >= 4 is 5.91 Å². The number of carbonyl (C=O) groups is 1. The molecular weight excluding hydrogens is 334 g/mol. The van der Waals surface area contributed by atoms with E-state index in [4.69, 9.17) is 5.73 Å². The minimum Gasteiger partial charge on any atom is -0.396 e. The van der Waals surface area contributed by atoms with Crippen molar-refractivity contribution in [3.8, 4) is 0 Å². The quantitative estimate of drug-likeness (QED) is 0.215. The summed E-state index contributed by atoms with van der Waals surface area (Å²) in [6.07, 6.45) is 24.0. The van der Waals surface area contributed by atoms with Gasteiger partial charge in [-0.2, -0.15) is 0 Å². The molecule has 0 heterocycles. The van der Waals surface area contributed by atoms with Crippen LogP contribution in [0.2, 0.25) is 0 Å². The molecule has 0 aromatic rings. The number of aliphatic hydroxyl groups excluding tert-OH is 1. The summed E-state index contributed by atoms with van der Waals surface area (Å²) in [6.45, 7) is 4.23. The number of nitrogens with two attached hydrogens (primary N) is 1. The highest BCUT2D eigenvalue weighted by molar-refractivity contribution is 5.76. The van der Waals surface area contributed by atoms with Crippen molar-refractivity contribution in [3.05, 3.63) is 0 Å². The van der Waals surface area contributed by atoms with Gasteiger partial charge in [0.25, 0.3) is 0 Å². The minimum atomic E-state index is -0.256. The fraction of sp³-hybridized carbons (Fsp3) is 0.958. The van der Waals surface area contributed by atoms with Crippen LogP contribution < -0.4 is 5.73 Å². The Morgan fingerprint density at radius 3 is 1.33 bits per heavy atom. The Hall–Kier alpha value is -0.570. The van der Waals surface area contributed by atoms with Crippen LogP contribution in [-0.4, -0.2) is 17.6 Å². The molecule has 0 aliphatic carbocycles. The van der Waals surface area contributed by atoms with E-state index >= 15 is 0 Å². The maximum absolute atomic E-state index is 11.4. The molecule has 2 atom stereocenters. The van der Waals surface area contributed by atoms with Gasteiger partial charge in [0.05, 0.1) is 0 Å². The van der Waals surface area contributed by atoms with E-state index < -0.39 is 0 Å². The molecule has 2 unspecified atom stereocenters. The Morgan fingerprint density at radius 1 is 0.704 bits per heavy atom. The molecule has 3 nitrogen and oxygen atoms in total. The van der Waals surface area contributed by atoms with Gasteiger partial charge in [-0.25, -0.2) is 0 Å². The van der Waals surface area contributed by atoms with Gasteiger partial charge >= 0.3 is 0 Å². The number of aliphatic hydroxyl groups is 1. The monoisotopic (exact) mass is 383 g/mol. The van der Waals surface area contributed by atoms with E-state index in [-0.39, 0.29) is 24.3 Å². The van der Waals surface area contributed by atoms with Gasteiger partial charge < -0.3 is 10.8 Å². The first kappa shape index (κ1) is 26.4. The average molecular weight is 384 g/mol. The van der Waals surface area contributed by atoms with Gasteiger partial charge in [0.1, 0.15) is 0 Å². The van der Waals surface area contributed by atoms with E-state index in [2.05, 4.69) is 6.92 Å². The number of amides is 1. The lowest BCUT2D eigenvalue weighted by Crippen LogP contribution is -2.30. The van der Waals surface area contributed by atoms with Gasteiger partial charge in [0.15, 0.2) is 0 Å². The topological polar surface area (TPSA) is 63.3 Å². The Kier molecular flexibility index (Phi) is 19.7. The lowest BCUT2D eigenvalue weighted by atomic mass is 9.88. The Bertz CT molecular complexity index is 320. The van der Waals surface area contributed by atoms with Crippen LogP contribution >= 0.6 is 0 Å². The fourth-order valence-electron chi connectivity index (χ4n) is 3.92. The second-order valence-corrected chi connectivity index (χ2v) is 8.61. The van der Waals surface area contributed by atoms with Crippen LogP contribution in [0, 0.1) is 11.8 Å². The van der Waals surface area contributed by atoms with E-state index in [1.807, 2.05) is 6.92 Å². The highest BCUT2D eigenvalue weighted by Crippen LogP contribution is 2.20. The molecule has 0 aliphatic rings. The number of hydrogen-bond acceptors (Lipinski definition) is 2. The van der Waals surface area contributed by atoms with E-state index in [1.54, 1.807) is 0 Å². The maximum atomic E-state index is 11.4. The third kappa shape index (κ3) is 17.3.